The van der Waals surface area contributed by atoms with Gasteiger partial charge in [0.2, 0.25) is 10.0 Å². The number of rotatable bonds is 7. The predicted molar refractivity (Wildman–Crippen MR) is 120 cm³/mol. The summed E-state index contributed by atoms with van der Waals surface area (Å²) in [7, 11) is -3.78. The van der Waals surface area contributed by atoms with Crippen molar-refractivity contribution in [2.45, 2.75) is 25.5 Å². The molecule has 0 aliphatic carbocycles. The normalized spacial score (nSPS) is 18.4. The smallest absolute Gasteiger partial charge is 0.410 e. The molecule has 2 heterocycles. The van der Waals surface area contributed by atoms with Gasteiger partial charge in [-0.2, -0.15) is 0 Å². The van der Waals surface area contributed by atoms with Crippen LogP contribution in [0.3, 0.4) is 0 Å². The summed E-state index contributed by atoms with van der Waals surface area (Å²) in [6.07, 6.45) is 0.717. The van der Waals surface area contributed by atoms with Crippen LogP contribution in [0.5, 0.6) is 0 Å². The van der Waals surface area contributed by atoms with Crippen molar-refractivity contribution in [3.63, 3.8) is 0 Å². The largest absolute Gasteiger partial charge is 0.445 e. The summed E-state index contributed by atoms with van der Waals surface area (Å²) in [5.41, 5.74) is 1.43. The first-order chi connectivity index (χ1) is 15.8. The molecule has 2 aliphatic rings. The van der Waals surface area contributed by atoms with Crippen LogP contribution in [0, 0.1) is 0 Å². The summed E-state index contributed by atoms with van der Waals surface area (Å²) >= 11 is 0. The monoisotopic (exact) mass is 471 g/mol. The number of hydrogen-bond acceptors (Lipinski definition) is 6. The van der Waals surface area contributed by atoms with E-state index < -0.39 is 39.7 Å². The highest BCUT2D eigenvalue weighted by Gasteiger charge is 2.36. The number of piperidine rings is 1. The molecule has 3 amide bonds. The molecule has 2 aromatic rings. The maximum Gasteiger partial charge on any atom is 0.410 e. The molecule has 33 heavy (non-hydrogen) atoms. The lowest BCUT2D eigenvalue weighted by Gasteiger charge is -2.32. The molecule has 1 saturated heterocycles. The standard InChI is InChI=1S/C23H25N3O6S/c27-21-19-10-4-5-11-20(19)22(28)26(21)13-14-33(30,31)24-18-9-6-12-25(15-18)23(29)32-16-17-7-2-1-3-8-17/h1-5,7-8,10-11,18,24H,6,9,12-16H2/t18-/m0/s1. The number of amides is 3. The highest BCUT2D eigenvalue weighted by atomic mass is 32.2. The minimum atomic E-state index is -3.78. The Labute approximate surface area is 192 Å². The maximum absolute atomic E-state index is 12.6. The lowest BCUT2D eigenvalue weighted by atomic mass is 10.1. The van der Waals surface area contributed by atoms with E-state index in [0.29, 0.717) is 19.4 Å². The third kappa shape index (κ3) is 5.40. The van der Waals surface area contributed by atoms with E-state index in [1.54, 1.807) is 24.3 Å². The molecule has 1 fully saturated rings. The molecule has 2 aliphatic heterocycles. The average Bonchev–Trinajstić information content (AvgIpc) is 3.06. The van der Waals surface area contributed by atoms with Gasteiger partial charge in [0.15, 0.2) is 0 Å². The molecule has 1 N–H and O–H groups in total. The van der Waals surface area contributed by atoms with Gasteiger partial charge in [-0.25, -0.2) is 17.9 Å². The molecule has 0 radical (unpaired) electrons. The van der Waals surface area contributed by atoms with E-state index in [1.165, 1.54) is 4.90 Å². The maximum atomic E-state index is 12.6. The molecule has 4 rings (SSSR count). The molecule has 9 nitrogen and oxygen atoms in total. The zero-order chi connectivity index (χ0) is 23.4. The molecule has 10 heteroatoms. The molecule has 0 bridgehead atoms. The zero-order valence-corrected chi connectivity index (χ0v) is 18.8. The Morgan fingerprint density at radius 1 is 1.00 bits per heavy atom. The van der Waals surface area contributed by atoms with E-state index in [0.717, 1.165) is 10.5 Å². The number of ether oxygens (including phenoxy) is 1. The number of benzene rings is 2. The fourth-order valence-corrected chi connectivity index (χ4v) is 5.26. The van der Waals surface area contributed by atoms with E-state index in [1.807, 2.05) is 30.3 Å². The SMILES string of the molecule is O=C(OCc1ccccc1)N1CCC[C@H](NS(=O)(=O)CCN2C(=O)c3ccccc3C2=O)C1. The first-order valence-corrected chi connectivity index (χ1v) is 12.4. The van der Waals surface area contributed by atoms with Gasteiger partial charge in [0.1, 0.15) is 6.61 Å². The van der Waals surface area contributed by atoms with Gasteiger partial charge in [-0.3, -0.25) is 14.5 Å². The van der Waals surface area contributed by atoms with E-state index in [2.05, 4.69) is 4.72 Å². The summed E-state index contributed by atoms with van der Waals surface area (Å²) < 4.78 is 33.2. The van der Waals surface area contributed by atoms with E-state index in [9.17, 15) is 22.8 Å². The van der Waals surface area contributed by atoms with E-state index >= 15 is 0 Å². The number of nitrogens with zero attached hydrogens (tertiary/aromatic N) is 2. The van der Waals surface area contributed by atoms with Gasteiger partial charge in [-0.05, 0) is 30.5 Å². The first kappa shape index (κ1) is 22.9. The molecule has 0 saturated carbocycles. The number of hydrogen-bond donors (Lipinski definition) is 1. The fourth-order valence-electron chi connectivity index (χ4n) is 4.02. The first-order valence-electron chi connectivity index (χ1n) is 10.7. The fraction of sp³-hybridized carbons (Fsp3) is 0.348. The second-order valence-electron chi connectivity index (χ2n) is 8.07. The zero-order valence-electron chi connectivity index (χ0n) is 18.0. The number of likely N-dealkylation sites (tertiary alicyclic amines) is 1. The van der Waals surface area contributed by atoms with Gasteiger partial charge >= 0.3 is 6.09 Å². The van der Waals surface area contributed by atoms with Gasteiger partial charge < -0.3 is 9.64 Å². The van der Waals surface area contributed by atoms with Crippen molar-refractivity contribution in [2.75, 3.05) is 25.4 Å². The third-order valence-electron chi connectivity index (χ3n) is 5.69. The topological polar surface area (TPSA) is 113 Å². The summed E-state index contributed by atoms with van der Waals surface area (Å²) in [5.74, 6) is -1.39. The van der Waals surface area contributed by atoms with Crippen molar-refractivity contribution in [3.05, 3.63) is 71.3 Å². The lowest BCUT2D eigenvalue weighted by molar-refractivity contribution is 0.0663. The molecule has 1 atom stereocenters. The number of sulfonamides is 1. The second-order valence-corrected chi connectivity index (χ2v) is 9.94. The van der Waals surface area contributed by atoms with Crippen LogP contribution in [0.4, 0.5) is 4.79 Å². The molecule has 174 valence electrons. The van der Waals surface area contributed by atoms with Gasteiger partial charge in [0.05, 0.1) is 16.9 Å². The summed E-state index contributed by atoms with van der Waals surface area (Å²) in [6.45, 7) is 0.588. The Kier molecular flexibility index (Phi) is 6.75. The summed E-state index contributed by atoms with van der Waals surface area (Å²) in [5, 5.41) is 0. The Balaban J connectivity index is 1.28. The van der Waals surface area contributed by atoms with Crippen LogP contribution >= 0.6 is 0 Å². The number of fused-ring (bicyclic) bond motifs is 1. The van der Waals surface area contributed by atoms with Crippen LogP contribution in [0.25, 0.3) is 0 Å². The molecule has 2 aromatic carbocycles. The molecule has 0 aromatic heterocycles. The van der Waals surface area contributed by atoms with Crippen LogP contribution in [-0.4, -0.2) is 67.6 Å². The van der Waals surface area contributed by atoms with Gasteiger partial charge in [-0.1, -0.05) is 42.5 Å². The lowest BCUT2D eigenvalue weighted by Crippen LogP contribution is -2.50. The molecular formula is C23H25N3O6S. The van der Waals surface area contributed by atoms with Crippen molar-refractivity contribution in [3.8, 4) is 0 Å². The van der Waals surface area contributed by atoms with Crippen molar-refractivity contribution in [1.29, 1.82) is 0 Å². The average molecular weight is 472 g/mol. The second kappa shape index (κ2) is 9.72. The number of carbonyl (C=O) groups excluding carboxylic acids is 3. The van der Waals surface area contributed by atoms with Crippen molar-refractivity contribution >= 4 is 27.9 Å². The van der Waals surface area contributed by atoms with Crippen LogP contribution in [-0.2, 0) is 21.4 Å². The predicted octanol–water partition coefficient (Wildman–Crippen LogP) is 2.00. The van der Waals surface area contributed by atoms with Gasteiger partial charge in [0, 0.05) is 25.7 Å². The quantitative estimate of drug-likeness (QED) is 0.618. The summed E-state index contributed by atoms with van der Waals surface area (Å²) in [4.78, 5) is 39.7. The Hall–Kier alpha value is -3.24. The number of carbonyl (C=O) groups is 3. The van der Waals surface area contributed by atoms with Crippen LogP contribution < -0.4 is 4.72 Å². The molecular weight excluding hydrogens is 446 g/mol. The Morgan fingerprint density at radius 3 is 2.30 bits per heavy atom. The number of nitrogens with one attached hydrogen (secondary N) is 1. The Bertz CT molecular complexity index is 1120. The van der Waals surface area contributed by atoms with Gasteiger partial charge in [-0.15, -0.1) is 0 Å². The minimum absolute atomic E-state index is 0.146. The van der Waals surface area contributed by atoms with Crippen molar-refractivity contribution in [2.24, 2.45) is 0 Å². The van der Waals surface area contributed by atoms with Crippen LogP contribution in [0.1, 0.15) is 39.1 Å². The van der Waals surface area contributed by atoms with E-state index in [-0.39, 0.29) is 30.8 Å². The number of imide groups is 1. The van der Waals surface area contributed by atoms with Crippen LogP contribution in [0.2, 0.25) is 0 Å². The van der Waals surface area contributed by atoms with Crippen LogP contribution in [0.15, 0.2) is 54.6 Å². The van der Waals surface area contributed by atoms with Crippen molar-refractivity contribution in [1.82, 2.24) is 14.5 Å². The van der Waals surface area contributed by atoms with Gasteiger partial charge in [0.25, 0.3) is 11.8 Å². The highest BCUT2D eigenvalue weighted by Crippen LogP contribution is 2.22. The van der Waals surface area contributed by atoms with Crippen molar-refractivity contribution < 1.29 is 27.5 Å². The summed E-state index contributed by atoms with van der Waals surface area (Å²) in [6, 6.07) is 15.3. The minimum Gasteiger partial charge on any atom is -0.445 e. The third-order valence-corrected chi connectivity index (χ3v) is 7.11. The molecule has 0 unspecified atom stereocenters. The highest BCUT2D eigenvalue weighted by molar-refractivity contribution is 7.89. The Morgan fingerprint density at radius 2 is 1.64 bits per heavy atom. The van der Waals surface area contributed by atoms with E-state index in [4.69, 9.17) is 4.74 Å². The molecule has 0 spiro atoms.